The summed E-state index contributed by atoms with van der Waals surface area (Å²) in [5.74, 6) is 0.175. The number of nitro benzene ring substituents is 1. The van der Waals surface area contributed by atoms with Crippen molar-refractivity contribution in [2.45, 2.75) is 0 Å². The molecule has 2 aromatic heterocycles. The number of imidazole rings is 1. The highest BCUT2D eigenvalue weighted by molar-refractivity contribution is 5.90. The van der Waals surface area contributed by atoms with Crippen molar-refractivity contribution in [1.82, 2.24) is 9.38 Å². The number of nitrogens with one attached hydrogen (secondary N) is 1. The molecule has 1 N–H and O–H groups in total. The van der Waals surface area contributed by atoms with Crippen molar-refractivity contribution in [2.24, 2.45) is 0 Å². The Kier molecular flexibility index (Phi) is 4.66. The molecule has 0 radical (unpaired) electrons. The molecule has 4 aromatic rings. The average molecular weight is 388 g/mol. The van der Waals surface area contributed by atoms with Crippen LogP contribution in [0.4, 0.5) is 17.2 Å². The van der Waals surface area contributed by atoms with Gasteiger partial charge >= 0.3 is 5.97 Å². The van der Waals surface area contributed by atoms with Crippen molar-refractivity contribution in [3.8, 4) is 11.3 Å². The summed E-state index contributed by atoms with van der Waals surface area (Å²) in [6, 6.07) is 19.1. The number of carbonyl (C=O) groups is 1. The van der Waals surface area contributed by atoms with Gasteiger partial charge in [-0.1, -0.05) is 30.3 Å². The van der Waals surface area contributed by atoms with Crippen LogP contribution in [0.15, 0.2) is 72.9 Å². The van der Waals surface area contributed by atoms with Gasteiger partial charge in [-0.3, -0.25) is 14.5 Å². The molecule has 0 aliphatic rings. The average Bonchev–Trinajstić information content (AvgIpc) is 3.11. The Morgan fingerprint density at radius 1 is 1.07 bits per heavy atom. The number of benzene rings is 2. The zero-order chi connectivity index (χ0) is 20.4. The van der Waals surface area contributed by atoms with Gasteiger partial charge in [0.05, 0.1) is 17.6 Å². The smallest absolute Gasteiger partial charge is 0.339 e. The number of aromatic nitrogens is 2. The highest BCUT2D eigenvalue weighted by atomic mass is 16.6. The molecule has 0 aliphatic heterocycles. The molecule has 0 saturated heterocycles. The highest BCUT2D eigenvalue weighted by Gasteiger charge is 2.17. The van der Waals surface area contributed by atoms with E-state index in [1.54, 1.807) is 34.9 Å². The van der Waals surface area contributed by atoms with E-state index in [0.717, 1.165) is 5.56 Å². The molecule has 0 fully saturated rings. The van der Waals surface area contributed by atoms with E-state index in [2.05, 4.69) is 5.32 Å². The number of pyridine rings is 1. The van der Waals surface area contributed by atoms with E-state index in [1.165, 1.54) is 19.2 Å². The molecule has 8 nitrogen and oxygen atoms in total. The molecule has 0 aliphatic carbocycles. The van der Waals surface area contributed by atoms with Crippen molar-refractivity contribution in [3.05, 3.63) is 88.6 Å². The molecule has 4 rings (SSSR count). The van der Waals surface area contributed by atoms with Crippen LogP contribution < -0.4 is 5.32 Å². The van der Waals surface area contributed by atoms with Crippen LogP contribution in [0.3, 0.4) is 0 Å². The van der Waals surface area contributed by atoms with Crippen LogP contribution in [-0.4, -0.2) is 27.4 Å². The molecule has 0 saturated carbocycles. The predicted octanol–water partition coefficient (Wildman–Crippen LogP) is 4.44. The molecule has 0 atom stereocenters. The SMILES string of the molecule is COC(=O)c1ccc2nc(-c3ccccc3)c(Nc3ccc([N+](=O)[O-])cc3)n2c1. The molecule has 2 heterocycles. The topological polar surface area (TPSA) is 98.8 Å². The quantitative estimate of drug-likeness (QED) is 0.308. The van der Waals surface area contributed by atoms with Gasteiger partial charge in [0.15, 0.2) is 0 Å². The van der Waals surface area contributed by atoms with Crippen LogP contribution in [0.25, 0.3) is 16.9 Å². The minimum atomic E-state index is -0.455. The maximum absolute atomic E-state index is 12.0. The van der Waals surface area contributed by atoms with Gasteiger partial charge in [0.25, 0.3) is 5.69 Å². The summed E-state index contributed by atoms with van der Waals surface area (Å²) in [5, 5.41) is 14.2. The molecule has 2 aromatic carbocycles. The largest absolute Gasteiger partial charge is 0.465 e. The summed E-state index contributed by atoms with van der Waals surface area (Å²) in [4.78, 5) is 27.1. The molecule has 0 bridgehead atoms. The van der Waals surface area contributed by atoms with Crippen LogP contribution in [0.5, 0.6) is 0 Å². The van der Waals surface area contributed by atoms with Crippen LogP contribution in [0, 0.1) is 10.1 Å². The number of hydrogen-bond donors (Lipinski definition) is 1. The second-order valence-electron chi connectivity index (χ2n) is 6.24. The van der Waals surface area contributed by atoms with Gasteiger partial charge in [0, 0.05) is 29.6 Å². The first-order valence-corrected chi connectivity index (χ1v) is 8.74. The number of anilines is 2. The van der Waals surface area contributed by atoms with E-state index in [0.29, 0.717) is 28.4 Å². The molecule has 29 heavy (non-hydrogen) atoms. The normalized spacial score (nSPS) is 10.7. The zero-order valence-corrected chi connectivity index (χ0v) is 15.4. The van der Waals surface area contributed by atoms with Gasteiger partial charge in [-0.05, 0) is 24.3 Å². The first-order valence-electron chi connectivity index (χ1n) is 8.74. The number of rotatable bonds is 5. The number of methoxy groups -OCH3 is 1. The summed E-state index contributed by atoms with van der Waals surface area (Å²) in [5.41, 5.74) is 3.25. The Balaban J connectivity index is 1.85. The summed E-state index contributed by atoms with van der Waals surface area (Å²) >= 11 is 0. The number of fused-ring (bicyclic) bond motifs is 1. The molecule has 0 spiro atoms. The Hall–Kier alpha value is -4.20. The lowest BCUT2D eigenvalue weighted by Gasteiger charge is -2.09. The van der Waals surface area contributed by atoms with Gasteiger partial charge in [0.2, 0.25) is 0 Å². The molecule has 8 heteroatoms. The Labute approximate surface area is 165 Å². The van der Waals surface area contributed by atoms with Crippen LogP contribution in [0.1, 0.15) is 10.4 Å². The van der Waals surface area contributed by atoms with Crippen LogP contribution >= 0.6 is 0 Å². The number of hydrogen-bond acceptors (Lipinski definition) is 6. The Bertz CT molecular complexity index is 1200. The number of carbonyl (C=O) groups excluding carboxylic acids is 1. The number of ether oxygens (including phenoxy) is 1. The van der Waals surface area contributed by atoms with E-state index in [-0.39, 0.29) is 5.69 Å². The highest BCUT2D eigenvalue weighted by Crippen LogP contribution is 2.31. The summed E-state index contributed by atoms with van der Waals surface area (Å²) < 4.78 is 6.57. The van der Waals surface area contributed by atoms with Gasteiger partial charge < -0.3 is 10.1 Å². The van der Waals surface area contributed by atoms with E-state index in [9.17, 15) is 14.9 Å². The van der Waals surface area contributed by atoms with E-state index in [4.69, 9.17) is 9.72 Å². The molecule has 0 amide bonds. The summed E-state index contributed by atoms with van der Waals surface area (Å²) in [6.45, 7) is 0. The Morgan fingerprint density at radius 3 is 2.45 bits per heavy atom. The summed E-state index contributed by atoms with van der Waals surface area (Å²) in [7, 11) is 1.33. The van der Waals surface area contributed by atoms with Crippen molar-refractivity contribution in [2.75, 3.05) is 12.4 Å². The first-order chi connectivity index (χ1) is 14.1. The van der Waals surface area contributed by atoms with E-state index < -0.39 is 10.9 Å². The maximum Gasteiger partial charge on any atom is 0.339 e. The van der Waals surface area contributed by atoms with Gasteiger partial charge in [-0.25, -0.2) is 9.78 Å². The van der Waals surface area contributed by atoms with Crippen molar-refractivity contribution >= 4 is 28.8 Å². The van der Waals surface area contributed by atoms with Gasteiger partial charge in [0.1, 0.15) is 17.2 Å². The van der Waals surface area contributed by atoms with Gasteiger partial charge in [-0.15, -0.1) is 0 Å². The van der Waals surface area contributed by atoms with Crippen LogP contribution in [-0.2, 0) is 4.74 Å². The fourth-order valence-corrected chi connectivity index (χ4v) is 3.00. The number of nitro groups is 1. The second kappa shape index (κ2) is 7.43. The standard InChI is InChI=1S/C21H16N4O4/c1-29-21(26)15-7-12-18-23-19(14-5-3-2-4-6-14)20(24(18)13-15)22-16-8-10-17(11-9-16)25(27)28/h2-13,22H,1H3. The lowest BCUT2D eigenvalue weighted by molar-refractivity contribution is -0.384. The van der Waals surface area contributed by atoms with Crippen LogP contribution in [0.2, 0.25) is 0 Å². The Morgan fingerprint density at radius 2 is 1.79 bits per heavy atom. The minimum Gasteiger partial charge on any atom is -0.465 e. The predicted molar refractivity (Wildman–Crippen MR) is 108 cm³/mol. The fraction of sp³-hybridized carbons (Fsp3) is 0.0476. The van der Waals surface area contributed by atoms with Crippen molar-refractivity contribution in [1.29, 1.82) is 0 Å². The van der Waals surface area contributed by atoms with E-state index in [1.807, 2.05) is 30.3 Å². The lowest BCUT2D eigenvalue weighted by atomic mass is 10.1. The van der Waals surface area contributed by atoms with Crippen molar-refractivity contribution < 1.29 is 14.5 Å². The number of esters is 1. The number of nitrogens with zero attached hydrogens (tertiary/aromatic N) is 3. The maximum atomic E-state index is 12.0. The lowest BCUT2D eigenvalue weighted by Crippen LogP contribution is -2.04. The third-order valence-corrected chi connectivity index (χ3v) is 4.43. The summed E-state index contributed by atoms with van der Waals surface area (Å²) in [6.07, 6.45) is 1.65. The number of non-ortho nitro benzene ring substituents is 1. The fourth-order valence-electron chi connectivity index (χ4n) is 3.00. The third-order valence-electron chi connectivity index (χ3n) is 4.43. The molecule has 144 valence electrons. The van der Waals surface area contributed by atoms with Crippen molar-refractivity contribution in [3.63, 3.8) is 0 Å². The third kappa shape index (κ3) is 3.51. The van der Waals surface area contributed by atoms with E-state index >= 15 is 0 Å². The molecular weight excluding hydrogens is 372 g/mol. The minimum absolute atomic E-state index is 0.00459. The molecular formula is C21H16N4O4. The second-order valence-corrected chi connectivity index (χ2v) is 6.24. The van der Waals surface area contributed by atoms with Gasteiger partial charge in [-0.2, -0.15) is 0 Å². The molecule has 0 unspecified atom stereocenters. The first kappa shape index (κ1) is 18.2. The zero-order valence-electron chi connectivity index (χ0n) is 15.4. The monoisotopic (exact) mass is 388 g/mol.